The Balaban J connectivity index is 1.42. The summed E-state index contributed by atoms with van der Waals surface area (Å²) in [5.74, 6) is -0.160. The SMILES string of the molecule is Cc1ccc(CN2C(=O)c3ccccc3[C@@H]2C(=O)NCCCN2[C@H](C)CCC[C@H]2C)cc1. The number of carbonyl (C=O) groups excluding carboxylic acids is 2. The largest absolute Gasteiger partial charge is 0.354 e. The van der Waals surface area contributed by atoms with Crippen LogP contribution in [0.15, 0.2) is 48.5 Å². The Morgan fingerprint density at radius 1 is 1.03 bits per heavy atom. The highest BCUT2D eigenvalue weighted by molar-refractivity contribution is 6.04. The van der Waals surface area contributed by atoms with E-state index in [1.54, 1.807) is 4.90 Å². The van der Waals surface area contributed by atoms with Crippen LogP contribution < -0.4 is 5.32 Å². The van der Waals surface area contributed by atoms with E-state index in [0.717, 1.165) is 24.1 Å². The van der Waals surface area contributed by atoms with Gasteiger partial charge in [-0.25, -0.2) is 0 Å². The molecular weight excluding hydrogens is 398 g/mol. The summed E-state index contributed by atoms with van der Waals surface area (Å²) in [6.07, 6.45) is 4.74. The van der Waals surface area contributed by atoms with E-state index in [9.17, 15) is 9.59 Å². The van der Waals surface area contributed by atoms with Crippen LogP contribution in [0.1, 0.15) is 72.6 Å². The predicted molar refractivity (Wildman–Crippen MR) is 127 cm³/mol. The van der Waals surface area contributed by atoms with Gasteiger partial charge in [0.05, 0.1) is 0 Å². The van der Waals surface area contributed by atoms with Gasteiger partial charge in [-0.2, -0.15) is 0 Å². The Morgan fingerprint density at radius 3 is 2.44 bits per heavy atom. The van der Waals surface area contributed by atoms with Crippen LogP contribution in [0, 0.1) is 6.92 Å². The van der Waals surface area contributed by atoms with E-state index >= 15 is 0 Å². The van der Waals surface area contributed by atoms with Crippen LogP contribution in [0.3, 0.4) is 0 Å². The fourth-order valence-electron chi connectivity index (χ4n) is 5.19. The molecule has 2 heterocycles. The summed E-state index contributed by atoms with van der Waals surface area (Å²) in [7, 11) is 0. The van der Waals surface area contributed by atoms with E-state index in [0.29, 0.717) is 30.7 Å². The highest BCUT2D eigenvalue weighted by Gasteiger charge is 2.40. The lowest BCUT2D eigenvalue weighted by Crippen LogP contribution is -2.45. The van der Waals surface area contributed by atoms with E-state index in [1.807, 2.05) is 55.5 Å². The number of rotatable bonds is 7. The maximum Gasteiger partial charge on any atom is 0.255 e. The molecule has 3 atom stereocenters. The summed E-state index contributed by atoms with van der Waals surface area (Å²) in [5, 5.41) is 3.12. The zero-order valence-electron chi connectivity index (χ0n) is 19.5. The van der Waals surface area contributed by atoms with Crippen molar-refractivity contribution in [3.8, 4) is 0 Å². The lowest BCUT2D eigenvalue weighted by atomic mass is 9.97. The van der Waals surface area contributed by atoms with Crippen molar-refractivity contribution in [2.75, 3.05) is 13.1 Å². The second-order valence-corrected chi connectivity index (χ2v) is 9.42. The van der Waals surface area contributed by atoms with Crippen LogP contribution in [-0.2, 0) is 11.3 Å². The van der Waals surface area contributed by atoms with Gasteiger partial charge in [0, 0.05) is 37.3 Å². The summed E-state index contributed by atoms with van der Waals surface area (Å²) in [5.41, 5.74) is 3.65. The number of piperidine rings is 1. The van der Waals surface area contributed by atoms with E-state index in [1.165, 1.54) is 24.8 Å². The van der Waals surface area contributed by atoms with Crippen molar-refractivity contribution >= 4 is 11.8 Å². The molecule has 0 unspecified atom stereocenters. The third-order valence-electron chi connectivity index (χ3n) is 7.05. The number of likely N-dealkylation sites (tertiary alicyclic amines) is 1. The molecule has 2 aliphatic heterocycles. The van der Waals surface area contributed by atoms with Crippen molar-refractivity contribution in [1.82, 2.24) is 15.1 Å². The second kappa shape index (κ2) is 9.86. The van der Waals surface area contributed by atoms with E-state index in [-0.39, 0.29) is 11.8 Å². The van der Waals surface area contributed by atoms with Crippen molar-refractivity contribution in [1.29, 1.82) is 0 Å². The van der Waals surface area contributed by atoms with Crippen molar-refractivity contribution < 1.29 is 9.59 Å². The molecule has 170 valence electrons. The normalized spacial score (nSPS) is 23.3. The fourth-order valence-corrected chi connectivity index (χ4v) is 5.19. The second-order valence-electron chi connectivity index (χ2n) is 9.42. The minimum Gasteiger partial charge on any atom is -0.354 e. The highest BCUT2D eigenvalue weighted by atomic mass is 16.2. The fraction of sp³-hybridized carbons (Fsp3) is 0.481. The number of carbonyl (C=O) groups is 2. The van der Waals surface area contributed by atoms with Crippen LogP contribution in [0.25, 0.3) is 0 Å². The van der Waals surface area contributed by atoms with Gasteiger partial charge in [-0.15, -0.1) is 0 Å². The molecule has 2 aliphatic rings. The zero-order valence-corrected chi connectivity index (χ0v) is 19.5. The van der Waals surface area contributed by atoms with Gasteiger partial charge in [0.25, 0.3) is 5.91 Å². The van der Waals surface area contributed by atoms with Crippen LogP contribution in [0.2, 0.25) is 0 Å². The molecule has 1 N–H and O–H groups in total. The van der Waals surface area contributed by atoms with Gasteiger partial charge in [-0.3, -0.25) is 14.5 Å². The molecule has 0 radical (unpaired) electrons. The Hall–Kier alpha value is -2.66. The van der Waals surface area contributed by atoms with Gasteiger partial charge in [-0.05, 0) is 57.2 Å². The van der Waals surface area contributed by atoms with Gasteiger partial charge in [0.1, 0.15) is 6.04 Å². The summed E-state index contributed by atoms with van der Waals surface area (Å²) in [6.45, 7) is 8.70. The smallest absolute Gasteiger partial charge is 0.255 e. The quantitative estimate of drug-likeness (QED) is 0.656. The molecule has 0 aromatic heterocycles. The maximum absolute atomic E-state index is 13.3. The molecule has 5 heteroatoms. The van der Waals surface area contributed by atoms with E-state index in [2.05, 4.69) is 24.1 Å². The van der Waals surface area contributed by atoms with Gasteiger partial charge in [-0.1, -0.05) is 54.4 Å². The Kier molecular flexibility index (Phi) is 6.95. The number of fused-ring (bicyclic) bond motifs is 1. The third kappa shape index (κ3) is 4.73. The average molecular weight is 434 g/mol. The first-order valence-electron chi connectivity index (χ1n) is 11.9. The number of hydrogen-bond donors (Lipinski definition) is 1. The van der Waals surface area contributed by atoms with Crippen LogP contribution in [0.5, 0.6) is 0 Å². The lowest BCUT2D eigenvalue weighted by molar-refractivity contribution is -0.125. The molecular formula is C27H35N3O2. The lowest BCUT2D eigenvalue weighted by Gasteiger charge is -2.39. The Labute approximate surface area is 191 Å². The minimum absolute atomic E-state index is 0.0720. The van der Waals surface area contributed by atoms with Gasteiger partial charge < -0.3 is 10.2 Å². The van der Waals surface area contributed by atoms with E-state index in [4.69, 9.17) is 0 Å². The number of aryl methyl sites for hydroxylation is 1. The number of hydrogen-bond acceptors (Lipinski definition) is 3. The first kappa shape index (κ1) is 22.5. The Bertz CT molecular complexity index is 946. The molecule has 4 rings (SSSR count). The van der Waals surface area contributed by atoms with Crippen molar-refractivity contribution in [3.05, 3.63) is 70.8 Å². The molecule has 0 saturated carbocycles. The van der Waals surface area contributed by atoms with Gasteiger partial charge >= 0.3 is 0 Å². The van der Waals surface area contributed by atoms with Gasteiger partial charge in [0.2, 0.25) is 5.91 Å². The molecule has 5 nitrogen and oxygen atoms in total. The highest BCUT2D eigenvalue weighted by Crippen LogP contribution is 2.35. The standard InChI is InChI=1S/C27H35N3O2/c1-19-12-14-22(15-13-19)18-30-25(23-10-4-5-11-24(23)27(30)32)26(31)28-16-7-17-29-20(2)8-6-9-21(29)3/h4-5,10-15,20-21,25H,6-9,16-18H2,1-3H3,(H,28,31)/t20-,21-,25-/m1/s1. The van der Waals surface area contributed by atoms with Crippen molar-refractivity contribution in [2.24, 2.45) is 0 Å². The summed E-state index contributed by atoms with van der Waals surface area (Å²) in [4.78, 5) is 30.7. The molecule has 2 aromatic rings. The first-order valence-corrected chi connectivity index (χ1v) is 11.9. The predicted octanol–water partition coefficient (Wildman–Crippen LogP) is 4.46. The number of amides is 2. The molecule has 0 aliphatic carbocycles. The van der Waals surface area contributed by atoms with Crippen LogP contribution in [-0.4, -0.2) is 46.8 Å². The van der Waals surface area contributed by atoms with Crippen LogP contribution in [0.4, 0.5) is 0 Å². The average Bonchev–Trinajstić information content (AvgIpc) is 3.06. The first-order chi connectivity index (χ1) is 15.5. The number of benzene rings is 2. The Morgan fingerprint density at radius 2 is 1.72 bits per heavy atom. The number of nitrogens with zero attached hydrogens (tertiary/aromatic N) is 2. The number of nitrogens with one attached hydrogen (secondary N) is 1. The van der Waals surface area contributed by atoms with Crippen molar-refractivity contribution in [2.45, 2.75) is 71.1 Å². The summed E-state index contributed by atoms with van der Waals surface area (Å²) < 4.78 is 0. The molecule has 0 bridgehead atoms. The monoisotopic (exact) mass is 433 g/mol. The molecule has 0 spiro atoms. The van der Waals surface area contributed by atoms with Gasteiger partial charge in [0.15, 0.2) is 0 Å². The molecule has 1 saturated heterocycles. The summed E-state index contributed by atoms with van der Waals surface area (Å²) >= 11 is 0. The minimum atomic E-state index is -0.576. The summed E-state index contributed by atoms with van der Waals surface area (Å²) in [6, 6.07) is 16.3. The third-order valence-corrected chi connectivity index (χ3v) is 7.05. The van der Waals surface area contributed by atoms with E-state index < -0.39 is 6.04 Å². The van der Waals surface area contributed by atoms with Crippen LogP contribution >= 0.6 is 0 Å². The topological polar surface area (TPSA) is 52.7 Å². The maximum atomic E-state index is 13.3. The van der Waals surface area contributed by atoms with Crippen molar-refractivity contribution in [3.63, 3.8) is 0 Å². The zero-order chi connectivity index (χ0) is 22.7. The molecule has 1 fully saturated rings. The molecule has 2 amide bonds. The molecule has 2 aromatic carbocycles. The molecule has 32 heavy (non-hydrogen) atoms.